The third kappa shape index (κ3) is 4.29. The second-order valence-corrected chi connectivity index (χ2v) is 9.33. The molecular formula is C24H35N5O. The third-order valence-electron chi connectivity index (χ3n) is 6.89. The highest BCUT2D eigenvalue weighted by atomic mass is 16.1. The van der Waals surface area contributed by atoms with Gasteiger partial charge in [-0.2, -0.15) is 0 Å². The maximum Gasteiger partial charge on any atom is 0.217 e. The van der Waals surface area contributed by atoms with E-state index in [1.807, 2.05) is 18.2 Å². The number of aromatic nitrogens is 3. The lowest BCUT2D eigenvalue weighted by Gasteiger charge is -2.40. The standard InChI is InChI=1S/C24H35N5O/c1-16(2)24-27-26-17(3)29(24)22-14-20-10-11-21(15-22)28(20)13-12-23(25-18(4)30)19-8-6-5-7-9-19/h5-9,16,20-23H,10-15H2,1-4H3,(H,25,30). The molecule has 4 rings (SSSR count). The number of carbonyl (C=O) groups is 1. The first-order chi connectivity index (χ1) is 14.4. The summed E-state index contributed by atoms with van der Waals surface area (Å²) in [5.74, 6) is 2.60. The fourth-order valence-electron chi connectivity index (χ4n) is 5.58. The maximum atomic E-state index is 11.8. The Morgan fingerprint density at radius 2 is 1.77 bits per heavy atom. The predicted molar refractivity (Wildman–Crippen MR) is 118 cm³/mol. The normalized spacial score (nSPS) is 24.9. The van der Waals surface area contributed by atoms with Gasteiger partial charge in [0.05, 0.1) is 6.04 Å². The van der Waals surface area contributed by atoms with E-state index in [0.717, 1.165) is 24.6 Å². The number of carbonyl (C=O) groups excluding carboxylic acids is 1. The average Bonchev–Trinajstić information content (AvgIpc) is 3.21. The van der Waals surface area contributed by atoms with E-state index in [4.69, 9.17) is 0 Å². The highest BCUT2D eigenvalue weighted by Gasteiger charge is 2.42. The van der Waals surface area contributed by atoms with E-state index in [-0.39, 0.29) is 11.9 Å². The number of rotatable bonds is 7. The van der Waals surface area contributed by atoms with Crippen molar-refractivity contribution in [3.63, 3.8) is 0 Å². The molecule has 2 bridgehead atoms. The number of fused-ring (bicyclic) bond motifs is 2. The van der Waals surface area contributed by atoms with Gasteiger partial charge in [-0.3, -0.25) is 9.69 Å². The molecule has 3 atom stereocenters. The Bertz CT molecular complexity index is 848. The molecule has 30 heavy (non-hydrogen) atoms. The van der Waals surface area contributed by atoms with Crippen molar-refractivity contribution in [1.82, 2.24) is 25.0 Å². The molecule has 2 aromatic rings. The smallest absolute Gasteiger partial charge is 0.217 e. The minimum atomic E-state index is 0.0369. The highest BCUT2D eigenvalue weighted by molar-refractivity contribution is 5.73. The summed E-state index contributed by atoms with van der Waals surface area (Å²) in [6.07, 6.45) is 5.84. The van der Waals surface area contributed by atoms with Crippen LogP contribution in [0.15, 0.2) is 30.3 Å². The Balaban J connectivity index is 1.44. The molecule has 1 aromatic carbocycles. The van der Waals surface area contributed by atoms with E-state index in [1.54, 1.807) is 6.92 Å². The molecule has 2 aliphatic heterocycles. The van der Waals surface area contributed by atoms with Gasteiger partial charge >= 0.3 is 0 Å². The highest BCUT2D eigenvalue weighted by Crippen LogP contribution is 2.42. The van der Waals surface area contributed by atoms with Crippen molar-refractivity contribution in [3.8, 4) is 0 Å². The molecule has 1 aromatic heterocycles. The van der Waals surface area contributed by atoms with Crippen molar-refractivity contribution in [1.29, 1.82) is 0 Å². The average molecular weight is 410 g/mol. The summed E-state index contributed by atoms with van der Waals surface area (Å²) in [5.41, 5.74) is 1.19. The third-order valence-corrected chi connectivity index (χ3v) is 6.89. The van der Waals surface area contributed by atoms with Crippen molar-refractivity contribution in [2.75, 3.05) is 6.54 Å². The molecule has 3 unspecified atom stereocenters. The van der Waals surface area contributed by atoms with Gasteiger partial charge in [0, 0.05) is 37.5 Å². The first-order valence-electron chi connectivity index (χ1n) is 11.4. The summed E-state index contributed by atoms with van der Waals surface area (Å²) in [4.78, 5) is 14.5. The molecule has 6 nitrogen and oxygen atoms in total. The van der Waals surface area contributed by atoms with Crippen molar-refractivity contribution in [2.24, 2.45) is 0 Å². The van der Waals surface area contributed by atoms with Crippen LogP contribution in [-0.2, 0) is 4.79 Å². The first-order valence-corrected chi connectivity index (χ1v) is 11.4. The van der Waals surface area contributed by atoms with Crippen LogP contribution in [0.4, 0.5) is 0 Å². The van der Waals surface area contributed by atoms with Crippen molar-refractivity contribution >= 4 is 5.91 Å². The lowest BCUT2D eigenvalue weighted by molar-refractivity contribution is -0.119. The minimum absolute atomic E-state index is 0.0369. The van der Waals surface area contributed by atoms with Gasteiger partial charge in [0.1, 0.15) is 11.6 Å². The molecule has 1 N–H and O–H groups in total. The van der Waals surface area contributed by atoms with Crippen LogP contribution in [0.2, 0.25) is 0 Å². The van der Waals surface area contributed by atoms with E-state index in [1.165, 1.54) is 31.2 Å². The summed E-state index contributed by atoms with van der Waals surface area (Å²) >= 11 is 0. The summed E-state index contributed by atoms with van der Waals surface area (Å²) in [6.45, 7) is 9.13. The molecule has 0 saturated carbocycles. The van der Waals surface area contributed by atoms with Crippen LogP contribution in [0, 0.1) is 6.92 Å². The first kappa shape index (κ1) is 21.0. The number of nitrogens with zero attached hydrogens (tertiary/aromatic N) is 4. The Labute approximate surface area is 180 Å². The summed E-state index contributed by atoms with van der Waals surface area (Å²) in [7, 11) is 0. The van der Waals surface area contributed by atoms with Gasteiger partial charge in [-0.1, -0.05) is 44.2 Å². The Morgan fingerprint density at radius 3 is 2.37 bits per heavy atom. The molecule has 6 heteroatoms. The zero-order chi connectivity index (χ0) is 21.3. The van der Waals surface area contributed by atoms with Gasteiger partial charge in [-0.05, 0) is 44.6 Å². The molecular weight excluding hydrogens is 374 g/mol. The molecule has 3 heterocycles. The predicted octanol–water partition coefficient (Wildman–Crippen LogP) is 4.15. The number of nitrogens with one attached hydrogen (secondary N) is 1. The largest absolute Gasteiger partial charge is 0.349 e. The van der Waals surface area contributed by atoms with Crippen LogP contribution in [0.25, 0.3) is 0 Å². The maximum absolute atomic E-state index is 11.8. The topological polar surface area (TPSA) is 63.1 Å². The van der Waals surface area contributed by atoms with Crippen LogP contribution in [0.5, 0.6) is 0 Å². The number of aryl methyl sites for hydroxylation is 1. The van der Waals surface area contributed by atoms with Crippen LogP contribution >= 0.6 is 0 Å². The van der Waals surface area contributed by atoms with E-state index >= 15 is 0 Å². The van der Waals surface area contributed by atoms with Gasteiger partial charge in [-0.25, -0.2) is 0 Å². The number of benzene rings is 1. The Hall–Kier alpha value is -2.21. The van der Waals surface area contributed by atoms with Crippen molar-refractivity contribution < 1.29 is 4.79 Å². The number of amides is 1. The van der Waals surface area contributed by atoms with Crippen LogP contribution in [-0.4, -0.2) is 44.2 Å². The molecule has 0 aliphatic carbocycles. The molecule has 2 saturated heterocycles. The van der Waals surface area contributed by atoms with E-state index in [0.29, 0.717) is 24.0 Å². The summed E-state index contributed by atoms with van der Waals surface area (Å²) in [6, 6.07) is 12.2. The number of hydrogen-bond acceptors (Lipinski definition) is 4. The summed E-state index contributed by atoms with van der Waals surface area (Å²) in [5, 5.41) is 12.0. The van der Waals surface area contributed by atoms with Gasteiger partial charge in [0.25, 0.3) is 0 Å². The quantitative estimate of drug-likeness (QED) is 0.746. The van der Waals surface area contributed by atoms with Gasteiger partial charge in [-0.15, -0.1) is 10.2 Å². The number of piperidine rings is 1. The van der Waals surface area contributed by atoms with Crippen molar-refractivity contribution in [2.45, 2.75) is 89.9 Å². The van der Waals surface area contributed by atoms with E-state index < -0.39 is 0 Å². The zero-order valence-electron chi connectivity index (χ0n) is 18.7. The lowest BCUT2D eigenvalue weighted by atomic mass is 9.95. The lowest BCUT2D eigenvalue weighted by Crippen LogP contribution is -2.45. The van der Waals surface area contributed by atoms with Crippen LogP contribution in [0.3, 0.4) is 0 Å². The monoisotopic (exact) mass is 409 g/mol. The second-order valence-electron chi connectivity index (χ2n) is 9.33. The summed E-state index contributed by atoms with van der Waals surface area (Å²) < 4.78 is 2.41. The fourth-order valence-corrected chi connectivity index (χ4v) is 5.58. The molecule has 1 amide bonds. The molecule has 0 spiro atoms. The molecule has 162 valence electrons. The number of hydrogen-bond donors (Lipinski definition) is 1. The van der Waals surface area contributed by atoms with Gasteiger partial charge in [0.15, 0.2) is 0 Å². The van der Waals surface area contributed by atoms with E-state index in [2.05, 4.69) is 57.9 Å². The Morgan fingerprint density at radius 1 is 1.10 bits per heavy atom. The fraction of sp³-hybridized carbons (Fsp3) is 0.625. The van der Waals surface area contributed by atoms with E-state index in [9.17, 15) is 4.79 Å². The van der Waals surface area contributed by atoms with Gasteiger partial charge in [0.2, 0.25) is 5.91 Å². The molecule has 0 radical (unpaired) electrons. The Kier molecular flexibility index (Phi) is 6.23. The van der Waals surface area contributed by atoms with Crippen LogP contribution in [0.1, 0.15) is 88.1 Å². The SMILES string of the molecule is CC(=O)NC(CCN1C2CCC1CC(n1c(C)nnc1C(C)C)C2)c1ccccc1. The van der Waals surface area contributed by atoms with Crippen LogP contribution < -0.4 is 5.32 Å². The zero-order valence-corrected chi connectivity index (χ0v) is 18.7. The second kappa shape index (κ2) is 8.88. The molecule has 2 fully saturated rings. The minimum Gasteiger partial charge on any atom is -0.349 e. The molecule has 2 aliphatic rings. The van der Waals surface area contributed by atoms with Gasteiger partial charge < -0.3 is 9.88 Å². The van der Waals surface area contributed by atoms with Crippen molar-refractivity contribution in [3.05, 3.63) is 47.5 Å².